The van der Waals surface area contributed by atoms with Crippen molar-refractivity contribution in [1.82, 2.24) is 0 Å². The number of Topliss-reactive ketones (excluding diaryl/α,β-unsaturated/α-hetero) is 1. The Kier molecular flexibility index (Phi) is 4.89. The highest BCUT2D eigenvalue weighted by Crippen LogP contribution is 2.23. The Bertz CT molecular complexity index is 490. The van der Waals surface area contributed by atoms with Crippen molar-refractivity contribution in [3.05, 3.63) is 60.1 Å². The highest BCUT2D eigenvalue weighted by Gasteiger charge is 2.19. The summed E-state index contributed by atoms with van der Waals surface area (Å²) in [6, 6.07) is 12.6. The van der Waals surface area contributed by atoms with E-state index in [2.05, 4.69) is 0 Å². The Morgan fingerprint density at radius 1 is 1.21 bits per heavy atom. The van der Waals surface area contributed by atoms with E-state index in [-0.39, 0.29) is 25.4 Å². The SMILES string of the molecule is O=C(C[C@@H](OCCO)c1ccco1)c1ccccc1. The van der Waals surface area contributed by atoms with Crippen LogP contribution in [0, 0.1) is 0 Å². The third kappa shape index (κ3) is 3.77. The summed E-state index contributed by atoms with van der Waals surface area (Å²) in [6.07, 6.45) is 1.27. The normalized spacial score (nSPS) is 12.3. The Labute approximate surface area is 111 Å². The predicted octanol–water partition coefficient (Wildman–Crippen LogP) is 2.60. The van der Waals surface area contributed by atoms with Crippen LogP contribution in [-0.2, 0) is 4.74 Å². The molecule has 1 atom stereocenters. The van der Waals surface area contributed by atoms with Gasteiger partial charge in [-0.2, -0.15) is 0 Å². The van der Waals surface area contributed by atoms with Gasteiger partial charge < -0.3 is 14.3 Å². The van der Waals surface area contributed by atoms with Gasteiger partial charge in [-0.05, 0) is 12.1 Å². The first-order chi connectivity index (χ1) is 9.31. The third-order valence-corrected chi connectivity index (χ3v) is 2.74. The number of aliphatic hydroxyl groups is 1. The number of rotatable bonds is 7. The number of benzene rings is 1. The number of ketones is 1. The summed E-state index contributed by atoms with van der Waals surface area (Å²) >= 11 is 0. The Morgan fingerprint density at radius 3 is 2.63 bits per heavy atom. The molecule has 1 N–H and O–H groups in total. The molecule has 1 heterocycles. The largest absolute Gasteiger partial charge is 0.467 e. The molecule has 100 valence electrons. The van der Waals surface area contributed by atoms with Crippen LogP contribution in [0.1, 0.15) is 28.6 Å². The summed E-state index contributed by atoms with van der Waals surface area (Å²) in [6.45, 7) is 0.0875. The van der Waals surface area contributed by atoms with Gasteiger partial charge in [0.1, 0.15) is 11.9 Å². The average Bonchev–Trinajstić information content (AvgIpc) is 2.98. The molecule has 0 bridgehead atoms. The first-order valence-electron chi connectivity index (χ1n) is 6.15. The fourth-order valence-electron chi connectivity index (χ4n) is 1.82. The second kappa shape index (κ2) is 6.87. The van der Waals surface area contributed by atoms with Gasteiger partial charge in [0.2, 0.25) is 0 Å². The summed E-state index contributed by atoms with van der Waals surface area (Å²) in [5, 5.41) is 8.82. The van der Waals surface area contributed by atoms with E-state index in [1.807, 2.05) is 18.2 Å². The van der Waals surface area contributed by atoms with Gasteiger partial charge in [-0.3, -0.25) is 4.79 Å². The van der Waals surface area contributed by atoms with E-state index in [1.165, 1.54) is 6.26 Å². The van der Waals surface area contributed by atoms with Gasteiger partial charge in [-0.15, -0.1) is 0 Å². The van der Waals surface area contributed by atoms with Crippen molar-refractivity contribution in [2.45, 2.75) is 12.5 Å². The number of carbonyl (C=O) groups is 1. The average molecular weight is 260 g/mol. The molecule has 0 saturated heterocycles. The molecule has 0 aliphatic heterocycles. The summed E-state index contributed by atoms with van der Waals surface area (Å²) < 4.78 is 10.7. The Morgan fingerprint density at radius 2 is 2.00 bits per heavy atom. The maximum absolute atomic E-state index is 12.1. The minimum absolute atomic E-state index is 0.0139. The van der Waals surface area contributed by atoms with Gasteiger partial charge in [0.25, 0.3) is 0 Å². The van der Waals surface area contributed by atoms with E-state index in [9.17, 15) is 4.79 Å². The molecule has 0 aliphatic rings. The predicted molar refractivity (Wildman–Crippen MR) is 69.9 cm³/mol. The van der Waals surface area contributed by atoms with Gasteiger partial charge in [-0.1, -0.05) is 30.3 Å². The van der Waals surface area contributed by atoms with Crippen LogP contribution >= 0.6 is 0 Å². The highest BCUT2D eigenvalue weighted by atomic mass is 16.5. The molecule has 1 aromatic carbocycles. The molecular weight excluding hydrogens is 244 g/mol. The molecule has 0 amide bonds. The van der Waals surface area contributed by atoms with Crippen molar-refractivity contribution in [1.29, 1.82) is 0 Å². The summed E-state index contributed by atoms with van der Waals surface area (Å²) in [5.74, 6) is 0.581. The first-order valence-corrected chi connectivity index (χ1v) is 6.15. The molecule has 0 spiro atoms. The second-order valence-corrected chi connectivity index (χ2v) is 4.09. The lowest BCUT2D eigenvalue weighted by Crippen LogP contribution is -2.12. The Hall–Kier alpha value is -1.91. The lowest BCUT2D eigenvalue weighted by molar-refractivity contribution is 0.0124. The second-order valence-electron chi connectivity index (χ2n) is 4.09. The monoisotopic (exact) mass is 260 g/mol. The van der Waals surface area contributed by atoms with Gasteiger partial charge in [0, 0.05) is 12.0 Å². The van der Waals surface area contributed by atoms with Crippen molar-refractivity contribution in [3.63, 3.8) is 0 Å². The van der Waals surface area contributed by atoms with Gasteiger partial charge >= 0.3 is 0 Å². The molecular formula is C15H16O4. The fraction of sp³-hybridized carbons (Fsp3) is 0.267. The topological polar surface area (TPSA) is 59.7 Å². The van der Waals surface area contributed by atoms with Crippen LogP contribution in [0.25, 0.3) is 0 Å². The first kappa shape index (κ1) is 13.5. The van der Waals surface area contributed by atoms with Crippen LogP contribution in [0.2, 0.25) is 0 Å². The molecule has 0 saturated carbocycles. The van der Waals surface area contributed by atoms with Crippen LogP contribution < -0.4 is 0 Å². The zero-order chi connectivity index (χ0) is 13.5. The smallest absolute Gasteiger partial charge is 0.165 e. The minimum Gasteiger partial charge on any atom is -0.467 e. The van der Waals surface area contributed by atoms with E-state index in [0.717, 1.165) is 0 Å². The summed E-state index contributed by atoms with van der Waals surface area (Å²) in [7, 11) is 0. The molecule has 1 aromatic heterocycles. The molecule has 4 nitrogen and oxygen atoms in total. The molecule has 19 heavy (non-hydrogen) atoms. The van der Waals surface area contributed by atoms with Crippen LogP contribution in [0.3, 0.4) is 0 Å². The van der Waals surface area contributed by atoms with Crippen molar-refractivity contribution < 1.29 is 19.1 Å². The maximum atomic E-state index is 12.1. The fourth-order valence-corrected chi connectivity index (χ4v) is 1.82. The molecule has 2 rings (SSSR count). The number of ether oxygens (including phenoxy) is 1. The molecule has 0 fully saturated rings. The quantitative estimate of drug-likeness (QED) is 0.777. The van der Waals surface area contributed by atoms with Crippen LogP contribution in [-0.4, -0.2) is 24.1 Å². The molecule has 0 aliphatic carbocycles. The van der Waals surface area contributed by atoms with Crippen molar-refractivity contribution in [2.24, 2.45) is 0 Å². The highest BCUT2D eigenvalue weighted by molar-refractivity contribution is 5.96. The molecule has 0 radical (unpaired) electrons. The molecule has 4 heteroatoms. The standard InChI is InChI=1S/C15H16O4/c16-8-10-19-15(14-7-4-9-18-14)11-13(17)12-5-2-1-3-6-12/h1-7,9,15-16H,8,10-11H2/t15-/m1/s1. The van der Waals surface area contributed by atoms with Crippen LogP contribution in [0.15, 0.2) is 53.1 Å². The third-order valence-electron chi connectivity index (χ3n) is 2.74. The Balaban J connectivity index is 2.06. The maximum Gasteiger partial charge on any atom is 0.165 e. The van der Waals surface area contributed by atoms with Crippen molar-refractivity contribution in [2.75, 3.05) is 13.2 Å². The number of furan rings is 1. The number of hydrogen-bond acceptors (Lipinski definition) is 4. The van der Waals surface area contributed by atoms with E-state index < -0.39 is 6.10 Å². The number of hydrogen-bond donors (Lipinski definition) is 1. The molecule has 0 unspecified atom stereocenters. The van der Waals surface area contributed by atoms with Crippen LogP contribution in [0.4, 0.5) is 0 Å². The lowest BCUT2D eigenvalue weighted by Gasteiger charge is -2.14. The van der Waals surface area contributed by atoms with Crippen LogP contribution in [0.5, 0.6) is 0 Å². The van der Waals surface area contributed by atoms with Gasteiger partial charge in [0.15, 0.2) is 5.78 Å². The zero-order valence-corrected chi connectivity index (χ0v) is 10.5. The number of aliphatic hydroxyl groups excluding tert-OH is 1. The van der Waals surface area contributed by atoms with E-state index in [0.29, 0.717) is 11.3 Å². The molecule has 2 aromatic rings. The van der Waals surface area contributed by atoms with Crippen molar-refractivity contribution in [3.8, 4) is 0 Å². The summed E-state index contributed by atoms with van der Waals surface area (Å²) in [5.41, 5.74) is 0.645. The minimum atomic E-state index is -0.463. The van der Waals surface area contributed by atoms with Gasteiger partial charge in [0.05, 0.1) is 19.5 Å². The van der Waals surface area contributed by atoms with Crippen molar-refractivity contribution >= 4 is 5.78 Å². The van der Waals surface area contributed by atoms with E-state index in [4.69, 9.17) is 14.3 Å². The zero-order valence-electron chi connectivity index (χ0n) is 10.5. The van der Waals surface area contributed by atoms with Gasteiger partial charge in [-0.25, -0.2) is 0 Å². The van der Waals surface area contributed by atoms with E-state index in [1.54, 1.807) is 24.3 Å². The number of carbonyl (C=O) groups excluding carboxylic acids is 1. The summed E-state index contributed by atoms with van der Waals surface area (Å²) in [4.78, 5) is 12.1. The lowest BCUT2D eigenvalue weighted by atomic mass is 10.0. The van der Waals surface area contributed by atoms with E-state index >= 15 is 0 Å².